The highest BCUT2D eigenvalue weighted by Crippen LogP contribution is 2.35. The molecule has 2 aliphatic rings. The molecule has 0 radical (unpaired) electrons. The maximum Gasteiger partial charge on any atom is -0.00200 e. The number of hydrogen-bond donors (Lipinski definition) is 0. The van der Waals surface area contributed by atoms with Crippen molar-refractivity contribution in [1.82, 2.24) is 0 Å². The second-order valence-corrected chi connectivity index (χ2v) is 4.03. The van der Waals surface area contributed by atoms with Crippen molar-refractivity contribution in [2.45, 2.75) is 25.7 Å². The van der Waals surface area contributed by atoms with Gasteiger partial charge in [0.1, 0.15) is 0 Å². The maximum atomic E-state index is 2.32. The van der Waals surface area contributed by atoms with E-state index in [4.69, 9.17) is 0 Å². The molecule has 2 rings (SSSR count). The van der Waals surface area contributed by atoms with Crippen LogP contribution in [0.15, 0.2) is 22.6 Å². The number of rotatable bonds is 0. The Morgan fingerprint density at radius 3 is 3.20 bits per heavy atom. The monoisotopic (exact) mass is 152 g/mol. The van der Waals surface area contributed by atoms with Crippen LogP contribution in [-0.2, 0) is 0 Å². The van der Waals surface area contributed by atoms with Gasteiger partial charge in [-0.15, -0.1) is 11.8 Å². The van der Waals surface area contributed by atoms with Gasteiger partial charge in [-0.25, -0.2) is 0 Å². The second kappa shape index (κ2) is 2.83. The number of hydrogen-bond acceptors (Lipinski definition) is 1. The second-order valence-electron chi connectivity index (χ2n) is 2.84. The van der Waals surface area contributed by atoms with Crippen LogP contribution in [0.5, 0.6) is 0 Å². The molecule has 0 N–H and O–H groups in total. The topological polar surface area (TPSA) is 0 Å². The molecule has 0 fully saturated rings. The van der Waals surface area contributed by atoms with E-state index >= 15 is 0 Å². The largest absolute Gasteiger partial charge is 0.130 e. The molecule has 0 nitrogen and oxygen atoms in total. The van der Waals surface area contributed by atoms with Crippen molar-refractivity contribution >= 4 is 11.8 Å². The lowest BCUT2D eigenvalue weighted by Gasteiger charge is -2.19. The van der Waals surface area contributed by atoms with Gasteiger partial charge < -0.3 is 0 Å². The van der Waals surface area contributed by atoms with E-state index < -0.39 is 0 Å². The fraction of sp³-hybridized carbons (Fsp3) is 0.556. The zero-order valence-electron chi connectivity index (χ0n) is 6.10. The Morgan fingerprint density at radius 1 is 1.30 bits per heavy atom. The predicted molar refractivity (Wildman–Crippen MR) is 47.1 cm³/mol. The highest BCUT2D eigenvalue weighted by atomic mass is 32.2. The molecule has 1 heteroatoms. The molecular weight excluding hydrogens is 140 g/mol. The van der Waals surface area contributed by atoms with Crippen LogP contribution in [0.3, 0.4) is 0 Å². The van der Waals surface area contributed by atoms with Crippen LogP contribution in [0.4, 0.5) is 0 Å². The summed E-state index contributed by atoms with van der Waals surface area (Å²) >= 11 is 2.08. The average Bonchev–Trinajstić information content (AvgIpc) is 2.05. The minimum Gasteiger partial charge on any atom is -0.130 e. The average molecular weight is 152 g/mol. The van der Waals surface area contributed by atoms with E-state index in [1.54, 1.807) is 10.5 Å². The van der Waals surface area contributed by atoms with Gasteiger partial charge in [-0.2, -0.15) is 0 Å². The minimum atomic E-state index is 1.27. The lowest BCUT2D eigenvalue weighted by Crippen LogP contribution is -1.99. The molecule has 0 saturated carbocycles. The highest BCUT2D eigenvalue weighted by Gasteiger charge is 2.12. The molecule has 0 aromatic rings. The van der Waals surface area contributed by atoms with Crippen molar-refractivity contribution in [2.75, 3.05) is 5.75 Å². The van der Waals surface area contributed by atoms with Gasteiger partial charge in [0.25, 0.3) is 0 Å². The molecule has 54 valence electrons. The summed E-state index contributed by atoms with van der Waals surface area (Å²) in [4.78, 5) is 1.67. The fourth-order valence-electron chi connectivity index (χ4n) is 1.54. The molecule has 1 aliphatic heterocycles. The van der Waals surface area contributed by atoms with E-state index in [1.165, 1.54) is 31.4 Å². The molecule has 0 saturated heterocycles. The Bertz CT molecular complexity index is 189. The normalized spacial score (nSPS) is 24.8. The molecule has 0 aromatic heterocycles. The maximum absolute atomic E-state index is 2.32. The molecule has 0 amide bonds. The van der Waals surface area contributed by atoms with Crippen molar-refractivity contribution in [2.24, 2.45) is 0 Å². The molecule has 0 spiro atoms. The summed E-state index contributed by atoms with van der Waals surface area (Å²) in [5.41, 5.74) is 1.63. The van der Waals surface area contributed by atoms with E-state index in [9.17, 15) is 0 Å². The lowest BCUT2D eigenvalue weighted by molar-refractivity contribution is 0.877. The van der Waals surface area contributed by atoms with Gasteiger partial charge in [0.05, 0.1) is 0 Å². The van der Waals surface area contributed by atoms with Crippen LogP contribution in [-0.4, -0.2) is 5.75 Å². The van der Waals surface area contributed by atoms with Crippen LogP contribution >= 0.6 is 11.8 Å². The van der Waals surface area contributed by atoms with Gasteiger partial charge in [0.15, 0.2) is 0 Å². The first-order chi connectivity index (χ1) is 4.97. The first-order valence-corrected chi connectivity index (χ1v) is 4.97. The zero-order valence-corrected chi connectivity index (χ0v) is 6.91. The van der Waals surface area contributed by atoms with Gasteiger partial charge >= 0.3 is 0 Å². The summed E-state index contributed by atoms with van der Waals surface area (Å²) in [6.45, 7) is 0. The molecule has 0 bridgehead atoms. The van der Waals surface area contributed by atoms with Crippen molar-refractivity contribution < 1.29 is 0 Å². The van der Waals surface area contributed by atoms with Gasteiger partial charge in [-0.1, -0.05) is 12.2 Å². The third-order valence-electron chi connectivity index (χ3n) is 2.08. The Kier molecular flexibility index (Phi) is 1.85. The fourth-order valence-corrected chi connectivity index (χ4v) is 2.69. The molecule has 0 unspecified atom stereocenters. The SMILES string of the molecule is C1=CC2=C(CC1)SCCC2. The lowest BCUT2D eigenvalue weighted by atomic mass is 10.0. The van der Waals surface area contributed by atoms with Crippen LogP contribution in [0.25, 0.3) is 0 Å². The summed E-state index contributed by atoms with van der Waals surface area (Å²) in [5, 5.41) is 0. The molecule has 1 aliphatic carbocycles. The molecule has 0 aromatic carbocycles. The first kappa shape index (κ1) is 6.53. The van der Waals surface area contributed by atoms with Crippen molar-refractivity contribution in [3.63, 3.8) is 0 Å². The molecule has 1 heterocycles. The smallest absolute Gasteiger partial charge is 0.00200 e. The summed E-state index contributed by atoms with van der Waals surface area (Å²) in [6, 6.07) is 0. The summed E-state index contributed by atoms with van der Waals surface area (Å²) in [7, 11) is 0. The molecular formula is C9H12S. The van der Waals surface area contributed by atoms with Crippen LogP contribution in [0.2, 0.25) is 0 Å². The molecule has 10 heavy (non-hydrogen) atoms. The minimum absolute atomic E-state index is 1.27. The van der Waals surface area contributed by atoms with Gasteiger partial charge in [0, 0.05) is 0 Å². The Balaban J connectivity index is 2.23. The van der Waals surface area contributed by atoms with Crippen molar-refractivity contribution in [3.05, 3.63) is 22.6 Å². The molecule has 0 atom stereocenters. The summed E-state index contributed by atoms with van der Waals surface area (Å²) < 4.78 is 0. The van der Waals surface area contributed by atoms with Crippen molar-refractivity contribution in [1.29, 1.82) is 0 Å². The zero-order chi connectivity index (χ0) is 6.81. The number of allylic oxidation sites excluding steroid dienone is 4. The van der Waals surface area contributed by atoms with Gasteiger partial charge in [-0.3, -0.25) is 0 Å². The van der Waals surface area contributed by atoms with E-state index in [1.807, 2.05) is 0 Å². The summed E-state index contributed by atoms with van der Waals surface area (Å²) in [5.74, 6) is 1.35. The van der Waals surface area contributed by atoms with E-state index in [2.05, 4.69) is 23.9 Å². The Labute approximate surface area is 66.4 Å². The third kappa shape index (κ3) is 1.15. The Morgan fingerprint density at radius 2 is 2.30 bits per heavy atom. The Hall–Kier alpha value is -0.170. The van der Waals surface area contributed by atoms with Gasteiger partial charge in [-0.05, 0) is 41.9 Å². The standard InChI is InChI=1S/C9H12S/c1-2-6-9-8(4-1)5-3-7-10-9/h1,4H,2-3,5-7H2. The van der Waals surface area contributed by atoms with Crippen LogP contribution in [0, 0.1) is 0 Å². The van der Waals surface area contributed by atoms with Gasteiger partial charge in [0.2, 0.25) is 0 Å². The van der Waals surface area contributed by atoms with Crippen LogP contribution in [0.1, 0.15) is 25.7 Å². The van der Waals surface area contributed by atoms with Crippen LogP contribution < -0.4 is 0 Å². The van der Waals surface area contributed by atoms with E-state index in [-0.39, 0.29) is 0 Å². The van der Waals surface area contributed by atoms with Crippen molar-refractivity contribution in [3.8, 4) is 0 Å². The van der Waals surface area contributed by atoms with E-state index in [0.29, 0.717) is 0 Å². The predicted octanol–water partition coefficient (Wildman–Crippen LogP) is 3.12. The number of thioether (sulfide) groups is 1. The quantitative estimate of drug-likeness (QED) is 0.514. The van der Waals surface area contributed by atoms with E-state index in [0.717, 1.165) is 0 Å². The highest BCUT2D eigenvalue weighted by molar-refractivity contribution is 8.03. The first-order valence-electron chi connectivity index (χ1n) is 3.98. The summed E-state index contributed by atoms with van der Waals surface area (Å²) in [6.07, 6.45) is 9.94. The third-order valence-corrected chi connectivity index (χ3v) is 3.39.